The van der Waals surface area contributed by atoms with Crippen LogP contribution >= 0.6 is 0 Å². The Labute approximate surface area is 241 Å². The average Bonchev–Trinajstić information content (AvgIpc) is 3.19. The maximum Gasteiger partial charge on any atom is 4.00 e. The zero-order valence-corrected chi connectivity index (χ0v) is 27.1. The van der Waals surface area contributed by atoms with Crippen molar-refractivity contribution >= 4 is 9.52 Å². The monoisotopic (exact) mass is 531 g/mol. The Morgan fingerprint density at radius 2 is 0.833 bits per heavy atom. The standard InChI is InChI=1S/2C9H13.2C7H7.C2H7Si.Ti/c2*1-6-5-7(2)9(4)8(6)3;2*1-7-5-3-2-4-6-7;1-3-2;/h2*6H,1-4H3;2*2-6H,1H2;3H,1-2H3;/q4*-1;;+4. The van der Waals surface area contributed by atoms with E-state index < -0.39 is 0 Å². The van der Waals surface area contributed by atoms with E-state index in [0.29, 0.717) is 11.8 Å². The van der Waals surface area contributed by atoms with Crippen molar-refractivity contribution in [1.29, 1.82) is 0 Å². The number of benzene rings is 2. The fraction of sp³-hybridized carbons (Fsp3) is 0.353. The van der Waals surface area contributed by atoms with Gasteiger partial charge in [0.25, 0.3) is 0 Å². The normalized spacial score (nSPS) is 17.4. The summed E-state index contributed by atoms with van der Waals surface area (Å²) in [5.74, 6) is 1.12. The Kier molecular flexibility index (Phi) is 20.3. The van der Waals surface area contributed by atoms with Crippen LogP contribution in [0.4, 0.5) is 0 Å². The average molecular weight is 532 g/mol. The quantitative estimate of drug-likeness (QED) is 0.234. The van der Waals surface area contributed by atoms with E-state index in [1.54, 1.807) is 0 Å². The van der Waals surface area contributed by atoms with Crippen molar-refractivity contribution in [1.82, 2.24) is 0 Å². The van der Waals surface area contributed by atoms with Crippen LogP contribution in [0.2, 0.25) is 13.1 Å². The summed E-state index contributed by atoms with van der Waals surface area (Å²) in [5, 5.41) is 0. The number of hydrogen-bond donors (Lipinski definition) is 0. The molecule has 0 saturated heterocycles. The van der Waals surface area contributed by atoms with Gasteiger partial charge in [0.05, 0.1) is 0 Å². The molecule has 0 aromatic heterocycles. The first kappa shape index (κ1) is 36.2. The summed E-state index contributed by atoms with van der Waals surface area (Å²) in [6, 6.07) is 19.7. The third-order valence-electron chi connectivity index (χ3n) is 6.16. The second-order valence-electron chi connectivity index (χ2n) is 9.15. The Hall–Kier alpha value is -1.93. The molecule has 0 fully saturated rings. The summed E-state index contributed by atoms with van der Waals surface area (Å²) in [6.07, 6.45) is 6.72. The summed E-state index contributed by atoms with van der Waals surface area (Å²) in [6.45, 7) is 29.2. The van der Waals surface area contributed by atoms with Crippen LogP contribution in [-0.2, 0) is 21.7 Å². The molecule has 0 amide bonds. The van der Waals surface area contributed by atoms with Crippen molar-refractivity contribution in [2.24, 2.45) is 11.8 Å². The molecule has 0 N–H and O–H groups in total. The van der Waals surface area contributed by atoms with Gasteiger partial charge in [-0.2, -0.15) is 71.5 Å². The van der Waals surface area contributed by atoms with Gasteiger partial charge in [-0.25, -0.2) is 11.1 Å². The molecule has 191 valence electrons. The molecule has 0 aliphatic heterocycles. The van der Waals surface area contributed by atoms with E-state index in [4.69, 9.17) is 0 Å². The molecule has 1 radical (unpaired) electrons. The summed E-state index contributed by atoms with van der Waals surface area (Å²) < 4.78 is 0. The molecule has 0 spiro atoms. The molecule has 2 aliphatic rings. The molecule has 2 aromatic carbocycles. The number of allylic oxidation sites excluding steroid dienone is 8. The van der Waals surface area contributed by atoms with Crippen LogP contribution in [-0.4, -0.2) is 9.52 Å². The molecule has 0 bridgehead atoms. The largest absolute Gasteiger partial charge is 4.00 e. The second-order valence-corrected chi connectivity index (χ2v) is 10.3. The molecule has 2 aromatic rings. The van der Waals surface area contributed by atoms with Gasteiger partial charge >= 0.3 is 21.7 Å². The first-order valence-electron chi connectivity index (χ1n) is 12.5. The van der Waals surface area contributed by atoms with Crippen molar-refractivity contribution < 1.29 is 21.7 Å². The van der Waals surface area contributed by atoms with Crippen LogP contribution in [0.1, 0.15) is 66.5 Å². The van der Waals surface area contributed by atoms with E-state index in [1.807, 2.05) is 60.7 Å². The minimum Gasteiger partial charge on any atom is -0.266 e. The summed E-state index contributed by atoms with van der Waals surface area (Å²) >= 11 is 0. The molecule has 0 nitrogen and oxygen atoms in total. The van der Waals surface area contributed by atoms with Crippen molar-refractivity contribution in [3.63, 3.8) is 0 Å². The topological polar surface area (TPSA) is 0 Å². The minimum absolute atomic E-state index is 0. The zero-order valence-electron chi connectivity index (χ0n) is 24.4. The molecular weight excluding hydrogens is 484 g/mol. The van der Waals surface area contributed by atoms with Crippen LogP contribution < -0.4 is 0 Å². The van der Waals surface area contributed by atoms with Crippen LogP contribution in [0.25, 0.3) is 0 Å². The van der Waals surface area contributed by atoms with Crippen molar-refractivity contribution in [2.75, 3.05) is 0 Å². The third kappa shape index (κ3) is 14.6. The van der Waals surface area contributed by atoms with E-state index >= 15 is 0 Å². The molecule has 0 heterocycles. The van der Waals surface area contributed by atoms with E-state index in [1.165, 1.54) is 33.4 Å². The Bertz CT molecular complexity index is 897. The smallest absolute Gasteiger partial charge is 0.266 e. The van der Waals surface area contributed by atoms with Gasteiger partial charge in [-0.05, 0) is 0 Å². The Morgan fingerprint density at radius 3 is 0.917 bits per heavy atom. The van der Waals surface area contributed by atoms with Gasteiger partial charge in [-0.15, -0.1) is 38.1 Å². The predicted molar refractivity (Wildman–Crippen MR) is 161 cm³/mol. The third-order valence-corrected chi connectivity index (χ3v) is 6.16. The summed E-state index contributed by atoms with van der Waals surface area (Å²) in [5.41, 5.74) is 10.6. The molecule has 4 rings (SSSR count). The maximum atomic E-state index is 3.72. The van der Waals surface area contributed by atoms with Crippen LogP contribution in [0.15, 0.2) is 94.1 Å². The fourth-order valence-corrected chi connectivity index (χ4v) is 3.28. The van der Waals surface area contributed by atoms with E-state index in [2.05, 4.69) is 94.5 Å². The molecule has 0 saturated carbocycles. The predicted octanol–water partition coefficient (Wildman–Crippen LogP) is 9.70. The second kappa shape index (κ2) is 20.2. The van der Waals surface area contributed by atoms with Gasteiger partial charge in [0.1, 0.15) is 0 Å². The van der Waals surface area contributed by atoms with Gasteiger partial charge in [0, 0.05) is 9.52 Å². The molecule has 2 aliphatic carbocycles. The SMILES string of the molecule is CC1=[C-]C(C)C(C)=C1C.CC1=[C-]C(C)C(C)=C1C.C[SiH]C.[CH2-]c1ccccc1.[CH2-]c1ccccc1.[Ti+4]. The maximum absolute atomic E-state index is 3.72. The zero-order chi connectivity index (χ0) is 27.0. The summed E-state index contributed by atoms with van der Waals surface area (Å²) in [4.78, 5) is 0. The molecule has 2 unspecified atom stereocenters. The van der Waals surface area contributed by atoms with Crippen LogP contribution in [0, 0.1) is 37.8 Å². The van der Waals surface area contributed by atoms with Crippen LogP contribution in [0.5, 0.6) is 0 Å². The molecule has 2 atom stereocenters. The van der Waals surface area contributed by atoms with Gasteiger partial charge in [0.15, 0.2) is 0 Å². The fourth-order valence-electron chi connectivity index (χ4n) is 3.28. The van der Waals surface area contributed by atoms with Crippen molar-refractivity contribution in [3.05, 3.63) is 131 Å². The summed E-state index contributed by atoms with van der Waals surface area (Å²) in [7, 11) is 0.750. The Morgan fingerprint density at radius 1 is 0.583 bits per heavy atom. The first-order chi connectivity index (χ1) is 16.5. The number of rotatable bonds is 0. The number of hydrogen-bond acceptors (Lipinski definition) is 0. The molecule has 36 heavy (non-hydrogen) atoms. The Balaban J connectivity index is 0. The van der Waals surface area contributed by atoms with E-state index in [-0.39, 0.29) is 21.7 Å². The first-order valence-corrected chi connectivity index (χ1v) is 14.8. The van der Waals surface area contributed by atoms with E-state index in [0.717, 1.165) is 20.6 Å². The van der Waals surface area contributed by atoms with Crippen molar-refractivity contribution in [2.45, 2.75) is 68.5 Å². The van der Waals surface area contributed by atoms with E-state index in [9.17, 15) is 0 Å². The van der Waals surface area contributed by atoms with Gasteiger partial charge < -0.3 is 0 Å². The molecule has 2 heteroatoms. The molecular formula is C34H47SiTi. The minimum atomic E-state index is 0. The van der Waals surface area contributed by atoms with Gasteiger partial charge in [-0.1, -0.05) is 78.6 Å². The van der Waals surface area contributed by atoms with Crippen LogP contribution in [0.3, 0.4) is 0 Å². The van der Waals surface area contributed by atoms with Gasteiger partial charge in [0.2, 0.25) is 0 Å². The van der Waals surface area contributed by atoms with Gasteiger partial charge in [-0.3, -0.25) is 12.2 Å². The van der Waals surface area contributed by atoms with Crippen molar-refractivity contribution in [3.8, 4) is 0 Å².